The molecular weight excluding hydrogens is 525 g/mol. The Kier molecular flexibility index (Phi) is 7.98. The molecule has 1 atom stereocenters. The molecule has 3 aliphatic heterocycles. The number of hydrogen-bond donors (Lipinski definition) is 1. The number of benzene rings is 1. The largest absolute Gasteiger partial charge is 0.442 e. The maximum atomic E-state index is 15.2. The van der Waals surface area contributed by atoms with E-state index < -0.39 is 6.09 Å². The van der Waals surface area contributed by atoms with Crippen LogP contribution in [0.5, 0.6) is 0 Å². The number of nitrogens with one attached hydrogen (secondary N) is 1. The van der Waals surface area contributed by atoms with E-state index in [9.17, 15) is 4.79 Å². The van der Waals surface area contributed by atoms with Crippen molar-refractivity contribution in [2.75, 3.05) is 62.2 Å². The van der Waals surface area contributed by atoms with E-state index in [1.165, 1.54) is 11.0 Å². The molecule has 2 saturated heterocycles. The highest BCUT2D eigenvalue weighted by Crippen LogP contribution is 2.30. The summed E-state index contributed by atoms with van der Waals surface area (Å²) in [7, 11) is 0. The summed E-state index contributed by atoms with van der Waals surface area (Å²) in [4.78, 5) is 29.6. The van der Waals surface area contributed by atoms with Crippen molar-refractivity contribution in [3.63, 3.8) is 0 Å². The lowest BCUT2D eigenvalue weighted by atomic mass is 9.98. The number of halogens is 1. The van der Waals surface area contributed by atoms with Crippen molar-refractivity contribution >= 4 is 57.8 Å². The van der Waals surface area contributed by atoms with Gasteiger partial charge in [-0.05, 0) is 55.4 Å². The summed E-state index contributed by atoms with van der Waals surface area (Å²) >= 11 is 10.8. The van der Waals surface area contributed by atoms with Crippen molar-refractivity contribution in [1.29, 1.82) is 0 Å². The first-order valence-corrected chi connectivity index (χ1v) is 13.5. The minimum absolute atomic E-state index is 0.339. The Balaban J connectivity index is 1.16. The smallest absolute Gasteiger partial charge is 0.414 e. The van der Waals surface area contributed by atoms with Gasteiger partial charge in [0.1, 0.15) is 11.9 Å². The average molecular weight is 556 g/mol. The zero-order valence-corrected chi connectivity index (χ0v) is 22.8. The van der Waals surface area contributed by atoms with Crippen LogP contribution in [0.2, 0.25) is 0 Å². The van der Waals surface area contributed by atoms with Gasteiger partial charge >= 0.3 is 6.09 Å². The predicted molar refractivity (Wildman–Crippen MR) is 153 cm³/mol. The van der Waals surface area contributed by atoms with Crippen LogP contribution in [0.15, 0.2) is 42.7 Å². The highest BCUT2D eigenvalue weighted by Gasteiger charge is 2.33. The molecule has 1 aromatic heterocycles. The van der Waals surface area contributed by atoms with Crippen molar-refractivity contribution in [1.82, 2.24) is 25.1 Å². The van der Waals surface area contributed by atoms with Gasteiger partial charge in [0.05, 0.1) is 23.8 Å². The van der Waals surface area contributed by atoms with Crippen LogP contribution in [0, 0.1) is 5.82 Å². The zero-order chi connectivity index (χ0) is 26.6. The molecule has 3 aliphatic rings. The number of ether oxygens (including phenoxy) is 1. The van der Waals surface area contributed by atoms with Crippen LogP contribution in [0.25, 0.3) is 5.57 Å². The van der Waals surface area contributed by atoms with Gasteiger partial charge in [0.15, 0.2) is 5.11 Å². The van der Waals surface area contributed by atoms with E-state index >= 15 is 4.39 Å². The molecule has 2 aromatic rings. The quantitative estimate of drug-likeness (QED) is 0.557. The number of rotatable bonds is 5. The molecular formula is C26H30FN7O2S2. The molecule has 4 heterocycles. The number of cyclic esters (lactones) is 1. The van der Waals surface area contributed by atoms with Gasteiger partial charge in [0, 0.05) is 57.2 Å². The highest BCUT2D eigenvalue weighted by atomic mass is 32.1. The molecule has 2 fully saturated rings. The lowest BCUT2D eigenvalue weighted by Gasteiger charge is -2.40. The third-order valence-electron chi connectivity index (χ3n) is 6.93. The van der Waals surface area contributed by atoms with Crippen LogP contribution < -0.4 is 15.1 Å². The molecule has 0 radical (unpaired) electrons. The van der Waals surface area contributed by atoms with E-state index in [4.69, 9.17) is 29.2 Å². The molecule has 38 heavy (non-hydrogen) atoms. The minimum Gasteiger partial charge on any atom is -0.442 e. The summed E-state index contributed by atoms with van der Waals surface area (Å²) in [5.41, 5.74) is 1.98. The number of nitrogens with zero attached hydrogens (tertiary/aromatic N) is 6. The second-order valence-corrected chi connectivity index (χ2v) is 10.4. The van der Waals surface area contributed by atoms with Gasteiger partial charge in [-0.25, -0.2) is 19.2 Å². The fraction of sp³-hybridized carbons (Fsp3) is 0.423. The molecule has 12 heteroatoms. The molecule has 0 bridgehead atoms. The Hall–Kier alpha value is -3.38. The van der Waals surface area contributed by atoms with E-state index in [0.717, 1.165) is 49.4 Å². The average Bonchev–Trinajstić information content (AvgIpc) is 3.32. The molecule has 1 amide bonds. The van der Waals surface area contributed by atoms with Gasteiger partial charge in [-0.1, -0.05) is 18.3 Å². The first-order chi connectivity index (χ1) is 18.4. The molecule has 1 N–H and O–H groups in total. The third-order valence-corrected chi connectivity index (χ3v) is 7.59. The van der Waals surface area contributed by atoms with Gasteiger partial charge < -0.3 is 24.8 Å². The highest BCUT2D eigenvalue weighted by molar-refractivity contribution is 7.80. The van der Waals surface area contributed by atoms with E-state index in [0.29, 0.717) is 42.3 Å². The van der Waals surface area contributed by atoms with Crippen LogP contribution in [0.3, 0.4) is 0 Å². The summed E-state index contributed by atoms with van der Waals surface area (Å²) in [5, 5.41) is 3.83. The summed E-state index contributed by atoms with van der Waals surface area (Å²) < 4.78 is 20.6. The predicted octanol–water partition coefficient (Wildman–Crippen LogP) is 3.07. The number of amides is 1. The number of piperazine rings is 1. The Labute approximate surface area is 232 Å². The van der Waals surface area contributed by atoms with Crippen LogP contribution in [0.1, 0.15) is 18.9 Å². The van der Waals surface area contributed by atoms with Crippen molar-refractivity contribution in [2.45, 2.75) is 19.4 Å². The van der Waals surface area contributed by atoms with Crippen LogP contribution >= 0.6 is 24.4 Å². The lowest BCUT2D eigenvalue weighted by Crippen LogP contribution is -2.53. The zero-order valence-electron chi connectivity index (χ0n) is 21.2. The van der Waals surface area contributed by atoms with Crippen molar-refractivity contribution in [3.05, 3.63) is 54.1 Å². The maximum Gasteiger partial charge on any atom is 0.414 e. The summed E-state index contributed by atoms with van der Waals surface area (Å²) in [6.45, 7) is 7.13. The molecule has 5 rings (SSSR count). The minimum atomic E-state index is -0.482. The number of hydrogen-bond acceptors (Lipinski definition) is 7. The Morgan fingerprint density at radius 3 is 2.55 bits per heavy atom. The second kappa shape index (κ2) is 11.6. The molecule has 0 unspecified atom stereocenters. The van der Waals surface area contributed by atoms with Crippen molar-refractivity contribution in [3.8, 4) is 0 Å². The summed E-state index contributed by atoms with van der Waals surface area (Å²) in [5.74, 6) is 0.393. The van der Waals surface area contributed by atoms with E-state index in [-0.39, 0.29) is 11.9 Å². The van der Waals surface area contributed by atoms with Crippen LogP contribution in [0.4, 0.5) is 20.8 Å². The maximum absolute atomic E-state index is 15.2. The summed E-state index contributed by atoms with van der Waals surface area (Å²) in [6.07, 6.45) is 5.42. The molecule has 0 aliphatic carbocycles. The molecule has 1 aromatic carbocycles. The van der Waals surface area contributed by atoms with Gasteiger partial charge in [0.2, 0.25) is 5.95 Å². The molecule has 0 spiro atoms. The Bertz CT molecular complexity index is 1240. The third kappa shape index (κ3) is 5.86. The molecule has 0 saturated carbocycles. The van der Waals surface area contributed by atoms with Crippen molar-refractivity contribution in [2.24, 2.45) is 0 Å². The number of anilines is 2. The van der Waals surface area contributed by atoms with E-state index in [1.54, 1.807) is 31.5 Å². The molecule has 200 valence electrons. The standard InChI is InChI=1S/C26H30FN7O2S2/c1-18(37)30-16-21-17-34(26(35)36-21)20-3-4-22(23(27)15-20)19-5-9-32(10-6-19)25(38)33-13-11-31(12-14-33)24-28-7-2-8-29-24/h2-5,7-8,15,21H,6,9-14,16-17H2,1H3,(H,30,37)/t21-/m0/s1. The normalized spacial score (nSPS) is 19.8. The SMILES string of the molecule is CC(=S)NC[C@H]1CN(c2ccc(C3=CCN(C(=S)N4CCN(c5ncccn5)CC4)CC3)c(F)c2)C(=O)O1. The van der Waals surface area contributed by atoms with Gasteiger partial charge in [0.25, 0.3) is 0 Å². The van der Waals surface area contributed by atoms with Crippen LogP contribution in [-0.2, 0) is 4.74 Å². The number of aromatic nitrogens is 2. The Morgan fingerprint density at radius 2 is 1.89 bits per heavy atom. The fourth-order valence-electron chi connectivity index (χ4n) is 4.87. The van der Waals surface area contributed by atoms with Gasteiger partial charge in [-0.15, -0.1) is 0 Å². The number of thiocarbonyl (C=S) groups is 2. The monoisotopic (exact) mass is 555 g/mol. The lowest BCUT2D eigenvalue weighted by molar-refractivity contribution is 0.143. The Morgan fingerprint density at radius 1 is 1.13 bits per heavy atom. The topological polar surface area (TPSA) is 77.1 Å². The van der Waals surface area contributed by atoms with Gasteiger partial charge in [-0.3, -0.25) is 4.90 Å². The first-order valence-electron chi connectivity index (χ1n) is 12.7. The molecule has 9 nitrogen and oxygen atoms in total. The van der Waals surface area contributed by atoms with Gasteiger partial charge in [-0.2, -0.15) is 0 Å². The second-order valence-electron chi connectivity index (χ2n) is 9.45. The summed E-state index contributed by atoms with van der Waals surface area (Å²) in [6, 6.07) is 6.74. The van der Waals surface area contributed by atoms with Crippen molar-refractivity contribution < 1.29 is 13.9 Å². The number of carbonyl (C=O) groups is 1. The van der Waals surface area contributed by atoms with E-state index in [2.05, 4.69) is 30.0 Å². The fourth-order valence-corrected chi connectivity index (χ4v) is 5.30. The van der Waals surface area contributed by atoms with E-state index in [1.807, 2.05) is 12.1 Å². The first kappa shape index (κ1) is 26.2. The number of carbonyl (C=O) groups excluding carboxylic acids is 1. The van der Waals surface area contributed by atoms with Crippen LogP contribution in [-0.4, -0.2) is 94.4 Å².